The second-order valence-electron chi connectivity index (χ2n) is 5.27. The Bertz CT molecular complexity index is 475. The molecular formula is C14H23N3O4. The van der Waals surface area contributed by atoms with E-state index < -0.39 is 5.97 Å². The SMILES string of the molecule is COCCOC(=O)c1nnn(C2CCCC(OC)C2)c1C. The number of carbonyl (C=O) groups is 1. The molecule has 0 N–H and O–H groups in total. The monoisotopic (exact) mass is 297 g/mol. The lowest BCUT2D eigenvalue weighted by Crippen LogP contribution is -2.25. The second-order valence-corrected chi connectivity index (χ2v) is 5.27. The van der Waals surface area contributed by atoms with Gasteiger partial charge in [0.1, 0.15) is 6.61 Å². The Hall–Kier alpha value is -1.47. The van der Waals surface area contributed by atoms with Gasteiger partial charge in [0.25, 0.3) is 0 Å². The van der Waals surface area contributed by atoms with Crippen LogP contribution in [0.4, 0.5) is 0 Å². The molecule has 2 rings (SSSR count). The zero-order chi connectivity index (χ0) is 15.2. The van der Waals surface area contributed by atoms with E-state index in [1.165, 1.54) is 0 Å². The van der Waals surface area contributed by atoms with E-state index in [0.717, 1.165) is 31.4 Å². The van der Waals surface area contributed by atoms with E-state index in [9.17, 15) is 4.79 Å². The molecule has 7 nitrogen and oxygen atoms in total. The Labute approximate surface area is 124 Å². The first kappa shape index (κ1) is 15.9. The van der Waals surface area contributed by atoms with Crippen LogP contribution in [0.5, 0.6) is 0 Å². The number of ether oxygens (including phenoxy) is 3. The summed E-state index contributed by atoms with van der Waals surface area (Å²) in [6.07, 6.45) is 4.36. The number of hydrogen-bond donors (Lipinski definition) is 0. The molecule has 0 saturated heterocycles. The lowest BCUT2D eigenvalue weighted by Gasteiger charge is -2.28. The molecule has 1 aliphatic rings. The fourth-order valence-electron chi connectivity index (χ4n) is 2.72. The maximum Gasteiger partial charge on any atom is 0.360 e. The van der Waals surface area contributed by atoms with Gasteiger partial charge >= 0.3 is 5.97 Å². The third-order valence-electron chi connectivity index (χ3n) is 3.92. The van der Waals surface area contributed by atoms with Crippen LogP contribution in [-0.2, 0) is 14.2 Å². The highest BCUT2D eigenvalue weighted by Gasteiger charge is 2.27. The highest BCUT2D eigenvalue weighted by molar-refractivity contribution is 5.88. The summed E-state index contributed by atoms with van der Waals surface area (Å²) in [6, 6.07) is 0.233. The van der Waals surface area contributed by atoms with E-state index in [0.29, 0.717) is 6.61 Å². The molecule has 1 saturated carbocycles. The Balaban J connectivity index is 2.04. The van der Waals surface area contributed by atoms with Gasteiger partial charge in [-0.3, -0.25) is 0 Å². The van der Waals surface area contributed by atoms with Gasteiger partial charge in [-0.1, -0.05) is 5.21 Å². The summed E-state index contributed by atoms with van der Waals surface area (Å²) in [5.74, 6) is -0.449. The van der Waals surface area contributed by atoms with Gasteiger partial charge in [0.05, 0.1) is 24.4 Å². The van der Waals surface area contributed by atoms with Crippen LogP contribution in [0.2, 0.25) is 0 Å². The van der Waals surface area contributed by atoms with Gasteiger partial charge in [0.2, 0.25) is 0 Å². The molecule has 2 atom stereocenters. The number of aromatic nitrogens is 3. The minimum absolute atomic E-state index is 0.219. The van der Waals surface area contributed by atoms with Crippen LogP contribution >= 0.6 is 0 Å². The molecule has 1 aromatic heterocycles. The summed E-state index contributed by atoms with van der Waals surface area (Å²) in [5, 5.41) is 8.11. The Kier molecular flexibility index (Phi) is 5.69. The molecule has 1 heterocycles. The molecule has 0 radical (unpaired) electrons. The molecule has 1 aromatic rings. The third kappa shape index (κ3) is 3.79. The normalized spacial score (nSPS) is 22.2. The maximum atomic E-state index is 11.9. The molecule has 0 amide bonds. The molecule has 0 aromatic carbocycles. The number of carbonyl (C=O) groups excluding carboxylic acids is 1. The molecule has 1 fully saturated rings. The summed E-state index contributed by atoms with van der Waals surface area (Å²) in [4.78, 5) is 11.9. The first-order valence-corrected chi connectivity index (χ1v) is 7.28. The van der Waals surface area contributed by atoms with Gasteiger partial charge in [-0.2, -0.15) is 0 Å². The minimum Gasteiger partial charge on any atom is -0.458 e. The van der Waals surface area contributed by atoms with Crippen LogP contribution in [0, 0.1) is 6.92 Å². The average molecular weight is 297 g/mol. The van der Waals surface area contributed by atoms with Crippen molar-refractivity contribution in [2.24, 2.45) is 0 Å². The van der Waals surface area contributed by atoms with Gasteiger partial charge in [-0.05, 0) is 32.6 Å². The van der Waals surface area contributed by atoms with Crippen LogP contribution in [0.1, 0.15) is 47.9 Å². The smallest absolute Gasteiger partial charge is 0.360 e. The molecule has 1 aliphatic carbocycles. The van der Waals surface area contributed by atoms with Crippen molar-refractivity contribution in [3.8, 4) is 0 Å². The van der Waals surface area contributed by atoms with Gasteiger partial charge < -0.3 is 14.2 Å². The van der Waals surface area contributed by atoms with Crippen LogP contribution in [0.3, 0.4) is 0 Å². The lowest BCUT2D eigenvalue weighted by atomic mass is 9.93. The fraction of sp³-hybridized carbons (Fsp3) is 0.786. The molecule has 0 bridgehead atoms. The first-order chi connectivity index (χ1) is 10.2. The van der Waals surface area contributed by atoms with E-state index in [1.54, 1.807) is 14.2 Å². The van der Waals surface area contributed by atoms with E-state index in [4.69, 9.17) is 14.2 Å². The van der Waals surface area contributed by atoms with E-state index in [2.05, 4.69) is 10.3 Å². The summed E-state index contributed by atoms with van der Waals surface area (Å²) in [7, 11) is 3.30. The van der Waals surface area contributed by atoms with Crippen LogP contribution in [0.25, 0.3) is 0 Å². The summed E-state index contributed by atoms with van der Waals surface area (Å²) >= 11 is 0. The Morgan fingerprint density at radius 3 is 2.86 bits per heavy atom. The zero-order valence-corrected chi connectivity index (χ0v) is 12.9. The van der Waals surface area contributed by atoms with E-state index in [1.807, 2.05) is 11.6 Å². The standard InChI is InChI=1S/C14H23N3O4/c1-10-13(14(18)21-8-7-19-2)15-16-17(10)11-5-4-6-12(9-11)20-3/h11-12H,4-9H2,1-3H3. The van der Waals surface area contributed by atoms with Crippen LogP contribution in [-0.4, -0.2) is 54.5 Å². The van der Waals surface area contributed by atoms with Crippen LogP contribution < -0.4 is 0 Å². The van der Waals surface area contributed by atoms with Gasteiger partial charge in [0, 0.05) is 14.2 Å². The van der Waals surface area contributed by atoms with E-state index >= 15 is 0 Å². The molecule has 0 aliphatic heterocycles. The van der Waals surface area contributed by atoms with Crippen molar-refractivity contribution in [3.05, 3.63) is 11.4 Å². The summed E-state index contributed by atoms with van der Waals surface area (Å²) in [6.45, 7) is 2.44. The van der Waals surface area contributed by atoms with Crippen molar-refractivity contribution < 1.29 is 19.0 Å². The number of rotatable bonds is 6. The highest BCUT2D eigenvalue weighted by Crippen LogP contribution is 2.30. The average Bonchev–Trinajstić information content (AvgIpc) is 2.89. The number of nitrogens with zero attached hydrogens (tertiary/aromatic N) is 3. The van der Waals surface area contributed by atoms with Crippen molar-refractivity contribution in [1.82, 2.24) is 15.0 Å². The topological polar surface area (TPSA) is 75.5 Å². The number of methoxy groups -OCH3 is 2. The molecule has 118 valence electrons. The number of esters is 1. The predicted molar refractivity (Wildman–Crippen MR) is 75.2 cm³/mol. The molecule has 2 unspecified atom stereocenters. The molecular weight excluding hydrogens is 274 g/mol. The number of hydrogen-bond acceptors (Lipinski definition) is 6. The van der Waals surface area contributed by atoms with Gasteiger partial charge in [-0.15, -0.1) is 5.10 Å². The minimum atomic E-state index is -0.449. The quantitative estimate of drug-likeness (QED) is 0.585. The van der Waals surface area contributed by atoms with Crippen molar-refractivity contribution in [2.75, 3.05) is 27.4 Å². The Morgan fingerprint density at radius 1 is 1.33 bits per heavy atom. The lowest BCUT2D eigenvalue weighted by molar-refractivity contribution is 0.0380. The van der Waals surface area contributed by atoms with Crippen molar-refractivity contribution in [1.29, 1.82) is 0 Å². The van der Waals surface area contributed by atoms with Gasteiger partial charge in [-0.25, -0.2) is 9.48 Å². The molecule has 0 spiro atoms. The zero-order valence-electron chi connectivity index (χ0n) is 12.9. The Morgan fingerprint density at radius 2 is 2.14 bits per heavy atom. The van der Waals surface area contributed by atoms with Crippen molar-refractivity contribution in [2.45, 2.75) is 44.8 Å². The molecule has 21 heavy (non-hydrogen) atoms. The van der Waals surface area contributed by atoms with Gasteiger partial charge in [0.15, 0.2) is 5.69 Å². The first-order valence-electron chi connectivity index (χ1n) is 7.28. The van der Waals surface area contributed by atoms with Crippen molar-refractivity contribution >= 4 is 5.97 Å². The predicted octanol–water partition coefficient (Wildman–Crippen LogP) is 1.52. The maximum absolute atomic E-state index is 11.9. The summed E-state index contributed by atoms with van der Waals surface area (Å²) < 4.78 is 17.2. The van der Waals surface area contributed by atoms with E-state index in [-0.39, 0.29) is 24.4 Å². The highest BCUT2D eigenvalue weighted by atomic mass is 16.6. The third-order valence-corrected chi connectivity index (χ3v) is 3.92. The second kappa shape index (κ2) is 7.51. The fourth-order valence-corrected chi connectivity index (χ4v) is 2.72. The molecule has 7 heteroatoms. The van der Waals surface area contributed by atoms with Crippen molar-refractivity contribution in [3.63, 3.8) is 0 Å². The summed E-state index contributed by atoms with van der Waals surface area (Å²) in [5.41, 5.74) is 1.03. The largest absolute Gasteiger partial charge is 0.458 e. The van der Waals surface area contributed by atoms with Crippen LogP contribution in [0.15, 0.2) is 0 Å².